The summed E-state index contributed by atoms with van der Waals surface area (Å²) >= 11 is 3.37. The fraction of sp³-hybridized carbons (Fsp3) is 0.200. The average Bonchev–Trinajstić information content (AvgIpc) is 2.42. The van der Waals surface area contributed by atoms with Crippen molar-refractivity contribution in [3.63, 3.8) is 0 Å². The van der Waals surface area contributed by atoms with Crippen LogP contribution in [0.4, 0.5) is 13.2 Å². The number of rotatable bonds is 3. The minimum absolute atomic E-state index is 0.0689. The Morgan fingerprint density at radius 3 is 2.11 bits per heavy atom. The first kappa shape index (κ1) is 14.1. The van der Waals surface area contributed by atoms with Crippen LogP contribution < -0.4 is 0 Å². The molecule has 0 fully saturated rings. The molecule has 2 unspecified atom stereocenters. The molecule has 2 rings (SSSR count). The van der Waals surface area contributed by atoms with Gasteiger partial charge in [-0.1, -0.05) is 53.2 Å². The molecule has 0 saturated carbocycles. The van der Waals surface area contributed by atoms with Crippen molar-refractivity contribution < 1.29 is 13.2 Å². The summed E-state index contributed by atoms with van der Waals surface area (Å²) in [4.78, 5) is -0.426. The Morgan fingerprint density at radius 2 is 1.47 bits per heavy atom. The number of halogens is 4. The lowest BCUT2D eigenvalue weighted by Gasteiger charge is -2.20. The predicted octanol–water partition coefficient (Wildman–Crippen LogP) is 5.34. The molecule has 19 heavy (non-hydrogen) atoms. The van der Waals surface area contributed by atoms with Crippen molar-refractivity contribution in [3.05, 3.63) is 71.0 Å². The Morgan fingerprint density at radius 1 is 0.895 bits per heavy atom. The maximum absolute atomic E-state index is 13.7. The Hall–Kier alpha value is -1.29. The monoisotopic (exact) mass is 328 g/mol. The molecule has 0 heterocycles. The van der Waals surface area contributed by atoms with E-state index in [9.17, 15) is 13.2 Å². The quantitative estimate of drug-likeness (QED) is 0.526. The zero-order chi connectivity index (χ0) is 14.0. The fourth-order valence-electron chi connectivity index (χ4n) is 1.94. The second-order valence-corrected chi connectivity index (χ2v) is 5.38. The smallest absolute Gasteiger partial charge is 0.161 e. The Balaban J connectivity index is 2.34. The van der Waals surface area contributed by atoms with E-state index in [1.807, 2.05) is 37.3 Å². The molecule has 4 heteroatoms. The van der Waals surface area contributed by atoms with Gasteiger partial charge in [-0.2, -0.15) is 0 Å². The molecular formula is C15H12BrF3. The molecule has 0 aliphatic carbocycles. The van der Waals surface area contributed by atoms with Gasteiger partial charge in [-0.15, -0.1) is 0 Å². The van der Waals surface area contributed by atoms with Crippen LogP contribution in [0.5, 0.6) is 0 Å². The van der Waals surface area contributed by atoms with E-state index in [-0.39, 0.29) is 11.5 Å². The van der Waals surface area contributed by atoms with E-state index >= 15 is 0 Å². The lowest BCUT2D eigenvalue weighted by molar-refractivity contribution is 0.488. The molecule has 0 N–H and O–H groups in total. The van der Waals surface area contributed by atoms with Crippen molar-refractivity contribution in [2.24, 2.45) is 0 Å². The van der Waals surface area contributed by atoms with Crippen LogP contribution in [0.1, 0.15) is 28.8 Å². The summed E-state index contributed by atoms with van der Waals surface area (Å²) in [6, 6.07) is 11.0. The van der Waals surface area contributed by atoms with Crippen molar-refractivity contribution in [1.29, 1.82) is 0 Å². The van der Waals surface area contributed by atoms with Gasteiger partial charge in [0, 0.05) is 16.5 Å². The van der Waals surface area contributed by atoms with Gasteiger partial charge in [-0.05, 0) is 17.5 Å². The van der Waals surface area contributed by atoms with Crippen molar-refractivity contribution in [3.8, 4) is 0 Å². The van der Waals surface area contributed by atoms with Gasteiger partial charge in [0.2, 0.25) is 0 Å². The van der Waals surface area contributed by atoms with Crippen molar-refractivity contribution in [2.45, 2.75) is 17.7 Å². The van der Waals surface area contributed by atoms with Crippen LogP contribution in [0.3, 0.4) is 0 Å². The number of benzene rings is 2. The lowest BCUT2D eigenvalue weighted by Crippen LogP contribution is -2.05. The summed E-state index contributed by atoms with van der Waals surface area (Å²) in [5.41, 5.74) is 1.11. The van der Waals surface area contributed by atoms with Gasteiger partial charge in [0.25, 0.3) is 0 Å². The molecule has 0 radical (unpaired) electrons. The first-order valence-electron chi connectivity index (χ1n) is 5.84. The largest absolute Gasteiger partial charge is 0.207 e. The molecule has 0 saturated heterocycles. The van der Waals surface area contributed by atoms with E-state index in [2.05, 4.69) is 15.9 Å². The third kappa shape index (κ3) is 3.00. The van der Waals surface area contributed by atoms with Crippen LogP contribution in [-0.2, 0) is 0 Å². The number of hydrogen-bond donors (Lipinski definition) is 0. The van der Waals surface area contributed by atoms with Crippen molar-refractivity contribution >= 4 is 15.9 Å². The Kier molecular flexibility index (Phi) is 4.30. The van der Waals surface area contributed by atoms with Crippen LogP contribution in [0.2, 0.25) is 0 Å². The standard InChI is InChI=1S/C15H12BrF3/c1-9(10-5-3-2-4-6-10)15(16)11-7-13(18)14(19)8-12(11)17/h2-9,15H,1H3. The first-order chi connectivity index (χ1) is 9.00. The molecule has 0 amide bonds. The molecule has 2 aromatic carbocycles. The summed E-state index contributed by atoms with van der Waals surface area (Å²) in [6.07, 6.45) is 0. The highest BCUT2D eigenvalue weighted by molar-refractivity contribution is 9.09. The van der Waals surface area contributed by atoms with E-state index in [4.69, 9.17) is 0 Å². The zero-order valence-corrected chi connectivity index (χ0v) is 11.8. The Bertz CT molecular complexity index is 569. The predicted molar refractivity (Wildman–Crippen MR) is 72.8 cm³/mol. The van der Waals surface area contributed by atoms with E-state index in [0.717, 1.165) is 11.6 Å². The fourth-order valence-corrected chi connectivity index (χ4v) is 2.60. The lowest BCUT2D eigenvalue weighted by atomic mass is 9.93. The minimum Gasteiger partial charge on any atom is -0.207 e. The summed E-state index contributed by atoms with van der Waals surface area (Å²) in [6.45, 7) is 1.90. The molecule has 0 nitrogen and oxygen atoms in total. The molecule has 0 spiro atoms. The second kappa shape index (κ2) is 5.78. The van der Waals surface area contributed by atoms with E-state index in [1.54, 1.807) is 0 Å². The van der Waals surface area contributed by atoms with E-state index in [0.29, 0.717) is 6.07 Å². The van der Waals surface area contributed by atoms with Gasteiger partial charge in [-0.3, -0.25) is 0 Å². The van der Waals surface area contributed by atoms with Crippen LogP contribution >= 0.6 is 15.9 Å². The highest BCUT2D eigenvalue weighted by Gasteiger charge is 2.22. The minimum atomic E-state index is -1.17. The average molecular weight is 329 g/mol. The van der Waals surface area contributed by atoms with Crippen LogP contribution in [0, 0.1) is 17.5 Å². The highest BCUT2D eigenvalue weighted by Crippen LogP contribution is 2.39. The van der Waals surface area contributed by atoms with Gasteiger partial charge >= 0.3 is 0 Å². The summed E-state index contributed by atoms with van der Waals surface area (Å²) < 4.78 is 39.9. The van der Waals surface area contributed by atoms with Gasteiger partial charge in [0.15, 0.2) is 11.6 Å². The molecule has 0 aliphatic heterocycles. The normalized spacial score (nSPS) is 14.2. The van der Waals surface area contributed by atoms with Gasteiger partial charge in [-0.25, -0.2) is 13.2 Å². The van der Waals surface area contributed by atoms with Gasteiger partial charge in [0.1, 0.15) is 5.82 Å². The highest BCUT2D eigenvalue weighted by atomic mass is 79.9. The third-order valence-electron chi connectivity index (χ3n) is 3.10. The zero-order valence-electron chi connectivity index (χ0n) is 10.2. The molecule has 2 aromatic rings. The number of alkyl halides is 1. The maximum atomic E-state index is 13.7. The van der Waals surface area contributed by atoms with Crippen molar-refractivity contribution in [2.75, 3.05) is 0 Å². The molecule has 100 valence electrons. The molecule has 2 atom stereocenters. The molecule has 0 aromatic heterocycles. The first-order valence-corrected chi connectivity index (χ1v) is 6.75. The SMILES string of the molecule is CC(c1ccccc1)C(Br)c1cc(F)c(F)cc1F. The molecule has 0 aliphatic rings. The second-order valence-electron chi connectivity index (χ2n) is 4.39. The maximum Gasteiger partial charge on any atom is 0.161 e. The van der Waals surface area contributed by atoms with Gasteiger partial charge < -0.3 is 0 Å². The number of hydrogen-bond acceptors (Lipinski definition) is 0. The van der Waals surface area contributed by atoms with E-state index in [1.165, 1.54) is 0 Å². The van der Waals surface area contributed by atoms with Crippen LogP contribution in [0.25, 0.3) is 0 Å². The topological polar surface area (TPSA) is 0 Å². The van der Waals surface area contributed by atoms with Crippen LogP contribution in [-0.4, -0.2) is 0 Å². The van der Waals surface area contributed by atoms with E-state index < -0.39 is 22.3 Å². The van der Waals surface area contributed by atoms with Crippen LogP contribution in [0.15, 0.2) is 42.5 Å². The Labute approximate surface area is 118 Å². The third-order valence-corrected chi connectivity index (χ3v) is 4.39. The summed E-state index contributed by atoms with van der Waals surface area (Å²) in [5, 5.41) is 0. The summed E-state index contributed by atoms with van der Waals surface area (Å²) in [7, 11) is 0. The van der Waals surface area contributed by atoms with Gasteiger partial charge in [0.05, 0.1) is 0 Å². The molecule has 0 bridgehead atoms. The van der Waals surface area contributed by atoms with Crippen molar-refractivity contribution in [1.82, 2.24) is 0 Å². The summed E-state index contributed by atoms with van der Waals surface area (Å²) in [5.74, 6) is -3.03. The molecular weight excluding hydrogens is 317 g/mol.